The molecule has 0 atom stereocenters. The quantitative estimate of drug-likeness (QED) is 0.529. The summed E-state index contributed by atoms with van der Waals surface area (Å²) in [6, 6.07) is 8.14. The third-order valence-electron chi connectivity index (χ3n) is 2.49. The number of aromatic nitrogens is 2. The van der Waals surface area contributed by atoms with E-state index in [2.05, 4.69) is 34.0 Å². The summed E-state index contributed by atoms with van der Waals surface area (Å²) in [7, 11) is 0. The topological polar surface area (TPSA) is 40.7 Å². The Morgan fingerprint density at radius 1 is 1.25 bits per heavy atom. The number of nitrogens with zero attached hydrogens (tertiary/aromatic N) is 1. The van der Waals surface area contributed by atoms with Crippen molar-refractivity contribution in [3.63, 3.8) is 0 Å². The zero-order chi connectivity index (χ0) is 11.2. The number of H-pyrrole nitrogens is 1. The van der Waals surface area contributed by atoms with E-state index < -0.39 is 0 Å². The number of fused-ring (bicyclic) bond motifs is 1. The summed E-state index contributed by atoms with van der Waals surface area (Å²) in [5.41, 5.74) is 2.18. The molecule has 0 saturated heterocycles. The summed E-state index contributed by atoms with van der Waals surface area (Å²) in [5, 5.41) is 3.32. The van der Waals surface area contributed by atoms with Gasteiger partial charge in [-0.25, -0.2) is 4.98 Å². The highest BCUT2D eigenvalue weighted by molar-refractivity contribution is 7.80. The lowest BCUT2D eigenvalue weighted by atomic mass is 10.3. The summed E-state index contributed by atoms with van der Waals surface area (Å²) in [6.45, 7) is 2.00. The molecule has 86 valence electrons. The number of benzene rings is 1. The maximum Gasteiger partial charge on any atom is 0.107 e. The van der Waals surface area contributed by atoms with Gasteiger partial charge in [-0.1, -0.05) is 12.1 Å². The first-order valence-electron chi connectivity index (χ1n) is 5.65. The van der Waals surface area contributed by atoms with E-state index in [1.54, 1.807) is 0 Å². The third-order valence-corrected chi connectivity index (χ3v) is 2.72. The summed E-state index contributed by atoms with van der Waals surface area (Å²) in [5.74, 6) is 1.97. The average Bonchev–Trinajstić information content (AvgIpc) is 2.71. The SMILES string of the molecule is SCCNCCCc1nc2ccccc2[nH]1. The monoisotopic (exact) mass is 235 g/mol. The molecule has 0 bridgehead atoms. The van der Waals surface area contributed by atoms with Gasteiger partial charge in [0.1, 0.15) is 5.82 Å². The van der Waals surface area contributed by atoms with Gasteiger partial charge in [0.2, 0.25) is 0 Å². The van der Waals surface area contributed by atoms with Crippen molar-refractivity contribution in [3.8, 4) is 0 Å². The number of para-hydroxylation sites is 2. The van der Waals surface area contributed by atoms with E-state index >= 15 is 0 Å². The Morgan fingerprint density at radius 3 is 2.94 bits per heavy atom. The van der Waals surface area contributed by atoms with E-state index in [-0.39, 0.29) is 0 Å². The van der Waals surface area contributed by atoms with Crippen molar-refractivity contribution in [2.45, 2.75) is 12.8 Å². The molecule has 0 aliphatic carbocycles. The number of aromatic amines is 1. The van der Waals surface area contributed by atoms with Crippen molar-refractivity contribution in [2.24, 2.45) is 0 Å². The fourth-order valence-electron chi connectivity index (χ4n) is 1.71. The molecule has 2 N–H and O–H groups in total. The predicted molar refractivity (Wildman–Crippen MR) is 71.1 cm³/mol. The van der Waals surface area contributed by atoms with Crippen LogP contribution in [0.1, 0.15) is 12.2 Å². The molecule has 16 heavy (non-hydrogen) atoms. The first-order chi connectivity index (χ1) is 7.90. The van der Waals surface area contributed by atoms with Gasteiger partial charge in [-0.15, -0.1) is 0 Å². The summed E-state index contributed by atoms with van der Waals surface area (Å²) in [6.07, 6.45) is 2.10. The van der Waals surface area contributed by atoms with Crippen LogP contribution < -0.4 is 5.32 Å². The van der Waals surface area contributed by atoms with Crippen LogP contribution in [-0.4, -0.2) is 28.8 Å². The van der Waals surface area contributed by atoms with Gasteiger partial charge in [-0.2, -0.15) is 12.6 Å². The lowest BCUT2D eigenvalue weighted by Gasteiger charge is -2.00. The lowest BCUT2D eigenvalue weighted by molar-refractivity contribution is 0.666. The molecule has 3 nitrogen and oxygen atoms in total. The van der Waals surface area contributed by atoms with Crippen LogP contribution in [0.15, 0.2) is 24.3 Å². The number of hydrogen-bond acceptors (Lipinski definition) is 3. The lowest BCUT2D eigenvalue weighted by Crippen LogP contribution is -2.18. The summed E-state index contributed by atoms with van der Waals surface area (Å²) < 4.78 is 0. The zero-order valence-corrected chi connectivity index (χ0v) is 10.1. The smallest absolute Gasteiger partial charge is 0.107 e. The number of nitrogens with one attached hydrogen (secondary N) is 2. The van der Waals surface area contributed by atoms with Gasteiger partial charge in [-0.05, 0) is 25.1 Å². The van der Waals surface area contributed by atoms with Crippen molar-refractivity contribution >= 4 is 23.7 Å². The van der Waals surface area contributed by atoms with Crippen LogP contribution in [0.4, 0.5) is 0 Å². The molecule has 0 aliphatic heterocycles. The minimum absolute atomic E-state index is 0.893. The van der Waals surface area contributed by atoms with Gasteiger partial charge < -0.3 is 10.3 Å². The molecule has 2 rings (SSSR count). The molecule has 0 fully saturated rings. The van der Waals surface area contributed by atoms with E-state index in [0.29, 0.717) is 0 Å². The number of rotatable bonds is 6. The normalized spacial score (nSPS) is 11.1. The molecule has 1 aromatic heterocycles. The fraction of sp³-hybridized carbons (Fsp3) is 0.417. The van der Waals surface area contributed by atoms with Crippen LogP contribution >= 0.6 is 12.6 Å². The first-order valence-corrected chi connectivity index (χ1v) is 6.28. The third kappa shape index (κ3) is 3.00. The van der Waals surface area contributed by atoms with Crippen LogP contribution in [0, 0.1) is 0 Å². The van der Waals surface area contributed by atoms with Crippen LogP contribution in [-0.2, 0) is 6.42 Å². The maximum atomic E-state index is 4.53. The van der Waals surface area contributed by atoms with Crippen molar-refractivity contribution in [1.29, 1.82) is 0 Å². The molecule has 0 saturated carbocycles. The van der Waals surface area contributed by atoms with Crippen molar-refractivity contribution in [1.82, 2.24) is 15.3 Å². The van der Waals surface area contributed by atoms with Gasteiger partial charge in [-0.3, -0.25) is 0 Å². The van der Waals surface area contributed by atoms with Crippen LogP contribution in [0.25, 0.3) is 11.0 Å². The van der Waals surface area contributed by atoms with Crippen molar-refractivity contribution in [3.05, 3.63) is 30.1 Å². The second-order valence-electron chi connectivity index (χ2n) is 3.78. The van der Waals surface area contributed by atoms with Crippen LogP contribution in [0.2, 0.25) is 0 Å². The summed E-state index contributed by atoms with van der Waals surface area (Å²) >= 11 is 4.15. The largest absolute Gasteiger partial charge is 0.342 e. The molecule has 0 spiro atoms. The number of aryl methyl sites for hydroxylation is 1. The van der Waals surface area contributed by atoms with E-state index in [0.717, 1.165) is 48.5 Å². The molecule has 0 amide bonds. The number of thiol groups is 1. The van der Waals surface area contributed by atoms with Gasteiger partial charge in [0.05, 0.1) is 11.0 Å². The van der Waals surface area contributed by atoms with Crippen LogP contribution in [0.5, 0.6) is 0 Å². The van der Waals surface area contributed by atoms with Crippen molar-refractivity contribution < 1.29 is 0 Å². The van der Waals surface area contributed by atoms with E-state index in [9.17, 15) is 0 Å². The van der Waals surface area contributed by atoms with Crippen molar-refractivity contribution in [2.75, 3.05) is 18.8 Å². The predicted octanol–water partition coefficient (Wildman–Crippen LogP) is 2.01. The number of imidazole rings is 1. The highest BCUT2D eigenvalue weighted by Gasteiger charge is 2.00. The van der Waals surface area contributed by atoms with E-state index in [4.69, 9.17) is 0 Å². The molecule has 1 heterocycles. The number of hydrogen-bond donors (Lipinski definition) is 3. The average molecular weight is 235 g/mol. The molecule has 4 heteroatoms. The van der Waals surface area contributed by atoms with E-state index in [1.807, 2.05) is 18.2 Å². The zero-order valence-electron chi connectivity index (χ0n) is 9.24. The molecule has 0 radical (unpaired) electrons. The molecule has 0 unspecified atom stereocenters. The molecule has 2 aromatic rings. The minimum Gasteiger partial charge on any atom is -0.342 e. The minimum atomic E-state index is 0.893. The van der Waals surface area contributed by atoms with Gasteiger partial charge >= 0.3 is 0 Å². The Bertz CT molecular complexity index is 406. The second kappa shape index (κ2) is 5.92. The molecule has 1 aromatic carbocycles. The standard InChI is InChI=1S/C12H17N3S/c16-9-8-13-7-3-6-12-14-10-4-1-2-5-11(10)15-12/h1-2,4-5,13,16H,3,6-9H2,(H,14,15). The Kier molecular flexibility index (Phi) is 4.25. The Balaban J connectivity index is 1.85. The highest BCUT2D eigenvalue weighted by Crippen LogP contribution is 2.10. The van der Waals surface area contributed by atoms with Crippen LogP contribution in [0.3, 0.4) is 0 Å². The fourth-order valence-corrected chi connectivity index (χ4v) is 1.87. The highest BCUT2D eigenvalue weighted by atomic mass is 32.1. The Hall–Kier alpha value is -1.00. The van der Waals surface area contributed by atoms with Gasteiger partial charge in [0.25, 0.3) is 0 Å². The Morgan fingerprint density at radius 2 is 2.12 bits per heavy atom. The maximum absolute atomic E-state index is 4.53. The van der Waals surface area contributed by atoms with Gasteiger partial charge in [0.15, 0.2) is 0 Å². The molecular formula is C12H17N3S. The Labute approximate surface area is 101 Å². The second-order valence-corrected chi connectivity index (χ2v) is 4.23. The molecule has 0 aliphatic rings. The molecular weight excluding hydrogens is 218 g/mol. The van der Waals surface area contributed by atoms with Gasteiger partial charge in [0, 0.05) is 18.7 Å². The van der Waals surface area contributed by atoms with E-state index in [1.165, 1.54) is 0 Å². The summed E-state index contributed by atoms with van der Waals surface area (Å²) in [4.78, 5) is 7.86. The first kappa shape index (κ1) is 11.5.